The summed E-state index contributed by atoms with van der Waals surface area (Å²) >= 11 is 0. The van der Waals surface area contributed by atoms with E-state index in [9.17, 15) is 19.7 Å². The smallest absolute Gasteiger partial charge is 0.504 e. The molecule has 0 unspecified atom stereocenters. The molecule has 4 aromatic carbocycles. The number of rotatable bonds is 11. The van der Waals surface area contributed by atoms with Gasteiger partial charge in [-0.15, -0.1) is 4.74 Å². The van der Waals surface area contributed by atoms with Gasteiger partial charge in [-0.3, -0.25) is 9.59 Å². The van der Waals surface area contributed by atoms with E-state index in [1.807, 2.05) is 27.7 Å². The average molecular weight is 1080 g/mol. The number of hydrogen-bond acceptors (Lipinski definition) is 7. The number of aromatic nitrogens is 6. The molecule has 0 atom stereocenters. The van der Waals surface area contributed by atoms with Crippen molar-refractivity contribution < 1.29 is 38.6 Å². The summed E-state index contributed by atoms with van der Waals surface area (Å²) in [7, 11) is -1.61. The topological polar surface area (TPSA) is 134 Å². The maximum Gasteiger partial charge on any atom is 0.504 e. The van der Waals surface area contributed by atoms with Crippen LogP contribution in [0.4, 0.5) is 0 Å². The van der Waals surface area contributed by atoms with Gasteiger partial charge in [-0.1, -0.05) is 141 Å². The van der Waals surface area contributed by atoms with E-state index in [4.69, 9.17) is 15.3 Å². The molecule has 7 aromatic rings. The number of Topliss-reactive ketones (excluding diaryl/α,β-unsaturated/α-hetero) is 1. The zero-order valence-corrected chi connectivity index (χ0v) is 51.4. The predicted octanol–water partition coefficient (Wildman–Crippen LogP) is 13.3. The Bertz CT molecular complexity index is 3260. The first kappa shape index (κ1) is 57.8. The van der Waals surface area contributed by atoms with Crippen molar-refractivity contribution in [1.29, 1.82) is 0 Å². The number of nitroso groups, excluding NO2 is 1. The maximum absolute atomic E-state index is 12.9. The second-order valence-electron chi connectivity index (χ2n) is 23.9. The van der Waals surface area contributed by atoms with Crippen LogP contribution in [0, 0.1) is 43.2 Å². The fraction of sp³-hybridized carbons (Fsp3) is 0.365. The van der Waals surface area contributed by atoms with Gasteiger partial charge in [0.2, 0.25) is 17.1 Å². The third-order valence-electron chi connectivity index (χ3n) is 15.9. The molecule has 0 saturated heterocycles. The predicted molar refractivity (Wildman–Crippen MR) is 309 cm³/mol. The minimum Gasteiger partial charge on any atom is -0.618 e. The molecule has 2 aliphatic rings. The summed E-state index contributed by atoms with van der Waals surface area (Å²) in [5.41, 5.74) is 14.4. The zero-order chi connectivity index (χ0) is 55.5. The molecule has 1 aliphatic carbocycles. The monoisotopic (exact) mass is 1080 g/mol. The van der Waals surface area contributed by atoms with Crippen molar-refractivity contribution in [3.05, 3.63) is 187 Å². The van der Waals surface area contributed by atoms with Crippen molar-refractivity contribution in [2.45, 2.75) is 147 Å². The van der Waals surface area contributed by atoms with E-state index < -0.39 is 35.2 Å². The molecule has 0 bridgehead atoms. The Kier molecular flexibility index (Phi) is 16.4. The quantitative estimate of drug-likeness (QED) is 0.0414. The SMILES string of the molecule is Cc1cc(-c2ccc(C(C)C)cc2)nn1[BH-](n1nc(-c2ccc(C(C)C)cc2)cc1C)n1nc(-c2ccc(C(C)C)cc2)cc1C.Cc1cc(C2=[N+]([O-])C(C)(C)C(C)(C)[N+]2=O)ccc1C1=CC(=O)C(=O)C(C(C)(C)C)=C1.[Zn]. The second-order valence-corrected chi connectivity index (χ2v) is 23.9. The average Bonchev–Trinajstić information content (AvgIpc) is 4.17. The Labute approximate surface area is 468 Å². The van der Waals surface area contributed by atoms with Crippen molar-refractivity contribution in [2.24, 2.45) is 5.41 Å². The minimum atomic E-state index is -1.61. The minimum absolute atomic E-state index is 0. The molecule has 0 saturated carbocycles. The van der Waals surface area contributed by atoms with Gasteiger partial charge in [-0.2, -0.15) is 0 Å². The van der Waals surface area contributed by atoms with Crippen molar-refractivity contribution in [2.75, 3.05) is 0 Å². The molecular formula is C63H75BN8O4Zn. The maximum atomic E-state index is 12.9. The van der Waals surface area contributed by atoms with Crippen molar-refractivity contribution in [3.63, 3.8) is 0 Å². The van der Waals surface area contributed by atoms with Crippen LogP contribution in [0.1, 0.15) is 158 Å². The van der Waals surface area contributed by atoms with E-state index in [1.54, 1.807) is 52.0 Å². The van der Waals surface area contributed by atoms with Crippen LogP contribution in [-0.4, -0.2) is 74.2 Å². The van der Waals surface area contributed by atoms with Crippen molar-refractivity contribution in [3.8, 4) is 33.8 Å². The van der Waals surface area contributed by atoms with Crippen LogP contribution in [0.25, 0.3) is 39.3 Å². The van der Waals surface area contributed by atoms with Crippen LogP contribution in [0.5, 0.6) is 0 Å². The number of aryl methyl sites for hydroxylation is 4. The number of carbonyl (C=O) groups excluding carboxylic acids is 2. The Morgan fingerprint density at radius 2 is 0.909 bits per heavy atom. The molecule has 14 heteroatoms. The summed E-state index contributed by atoms with van der Waals surface area (Å²) < 4.78 is 8.00. The first-order valence-corrected chi connectivity index (χ1v) is 26.7. The molecule has 4 heterocycles. The van der Waals surface area contributed by atoms with Crippen LogP contribution in [0.3, 0.4) is 0 Å². The third-order valence-corrected chi connectivity index (χ3v) is 15.9. The van der Waals surface area contributed by atoms with Gasteiger partial charge in [0.25, 0.3) is 5.54 Å². The van der Waals surface area contributed by atoms with E-state index in [0.29, 0.717) is 34.5 Å². The number of ketones is 2. The third kappa shape index (κ3) is 11.1. The van der Waals surface area contributed by atoms with Crippen LogP contribution in [0.15, 0.2) is 127 Å². The van der Waals surface area contributed by atoms with Gasteiger partial charge < -0.3 is 19.0 Å². The van der Waals surface area contributed by atoms with Gasteiger partial charge in [-0.25, -0.2) is 15.3 Å². The number of carbonyl (C=O) groups is 2. The molecule has 12 nitrogen and oxygen atoms in total. The molecule has 1 aliphatic heterocycles. The van der Waals surface area contributed by atoms with Crippen LogP contribution in [-0.2, 0) is 29.1 Å². The first-order chi connectivity index (χ1) is 35.6. The summed E-state index contributed by atoms with van der Waals surface area (Å²) in [6.07, 6.45) is 3.12. The molecule has 3 aromatic heterocycles. The Balaban J connectivity index is 0.000000241. The Hall–Kier alpha value is -6.91. The van der Waals surface area contributed by atoms with Crippen LogP contribution < -0.4 is 0 Å². The zero-order valence-electron chi connectivity index (χ0n) is 48.4. The summed E-state index contributed by atoms with van der Waals surface area (Å²) in [5.74, 6) is 0.522. The molecule has 0 amide bonds. The standard InChI is InChI=1S/C39H46BN6.C24H29N2O4.Zn/c1-25(2)31-10-16-34(17-11-31)37-22-28(7)44(41-37)40(45-29(8)23-38(42-45)35-18-12-32(13-19-35)26(3)4)46-30(9)24-39(43-46)36-20-14-33(15-21-36)27(5)6;1-14-11-15(21-25(29)23(5,6)24(7,8)26(21)30)9-10-17(14)16-12-18(22(2,3)4)20(28)19(27)13-16;/h10-27,40H,1-9H3;9-13H,1-8H3;/q-1;+1;. The summed E-state index contributed by atoms with van der Waals surface area (Å²) in [5, 5.41) is 28.7. The molecule has 9 rings (SSSR count). The summed E-state index contributed by atoms with van der Waals surface area (Å²) in [4.78, 5) is 37.5. The fourth-order valence-electron chi connectivity index (χ4n) is 10.1. The van der Waals surface area contributed by atoms with E-state index in [0.717, 1.165) is 71.5 Å². The number of benzene rings is 4. The van der Waals surface area contributed by atoms with Gasteiger partial charge in [0.05, 0.1) is 17.1 Å². The van der Waals surface area contributed by atoms with Crippen molar-refractivity contribution >= 4 is 30.1 Å². The van der Waals surface area contributed by atoms with E-state index >= 15 is 0 Å². The number of nitrogens with zero attached hydrogens (tertiary/aromatic N) is 8. The Morgan fingerprint density at radius 3 is 1.22 bits per heavy atom. The number of amidine groups is 1. The molecular weight excluding hydrogens is 1010 g/mol. The molecule has 0 fully saturated rings. The molecule has 396 valence electrons. The number of hydrogen-bond donors (Lipinski definition) is 0. The first-order valence-electron chi connectivity index (χ1n) is 26.7. The Morgan fingerprint density at radius 1 is 0.545 bits per heavy atom. The van der Waals surface area contributed by atoms with E-state index in [-0.39, 0.29) is 25.3 Å². The molecule has 77 heavy (non-hydrogen) atoms. The van der Waals surface area contributed by atoms with Gasteiger partial charge in [0.1, 0.15) is 10.3 Å². The molecule has 0 spiro atoms. The number of hydroxylamine groups is 1. The summed E-state index contributed by atoms with van der Waals surface area (Å²) in [6, 6.07) is 38.2. The van der Waals surface area contributed by atoms with Gasteiger partial charge in [-0.05, 0) is 144 Å². The summed E-state index contributed by atoms with van der Waals surface area (Å²) in [6.45, 7) is 34.3. The van der Waals surface area contributed by atoms with Crippen LogP contribution >= 0.6 is 0 Å². The van der Waals surface area contributed by atoms with Gasteiger partial charge in [0, 0.05) is 74.3 Å². The normalized spacial score (nSPS) is 15.4. The number of allylic oxidation sites excluding steroid dienone is 4. The fourth-order valence-corrected chi connectivity index (χ4v) is 10.1. The molecule has 0 radical (unpaired) electrons. The van der Waals surface area contributed by atoms with Crippen LogP contribution in [0.2, 0.25) is 0 Å². The van der Waals surface area contributed by atoms with Gasteiger partial charge in [0.15, 0.2) is 0 Å². The van der Waals surface area contributed by atoms with Crippen molar-refractivity contribution in [1.82, 2.24) is 29.1 Å². The molecule has 0 N–H and O–H groups in total. The van der Waals surface area contributed by atoms with E-state index in [1.165, 1.54) is 22.8 Å². The second kappa shape index (κ2) is 21.8. The van der Waals surface area contributed by atoms with E-state index in [2.05, 4.69) is 167 Å². The van der Waals surface area contributed by atoms with Gasteiger partial charge >= 0.3 is 13.0 Å². The largest absolute Gasteiger partial charge is 0.618 e.